The first kappa shape index (κ1) is 13.4. The molecule has 2 nitrogen and oxygen atoms in total. The van der Waals surface area contributed by atoms with Crippen molar-refractivity contribution in [3.05, 3.63) is 28.8 Å². The summed E-state index contributed by atoms with van der Waals surface area (Å²) in [4.78, 5) is 13.0. The zero-order chi connectivity index (χ0) is 13.1. The molecule has 0 heterocycles. The molecule has 0 N–H and O–H groups in total. The van der Waals surface area contributed by atoms with Gasteiger partial charge in [0, 0.05) is 18.7 Å². The van der Waals surface area contributed by atoms with Crippen molar-refractivity contribution in [3.63, 3.8) is 0 Å². The van der Waals surface area contributed by atoms with Gasteiger partial charge < -0.3 is 4.90 Å². The summed E-state index contributed by atoms with van der Waals surface area (Å²) < 4.78 is 0. The molecular formula is C15H20ClNO. The number of carbonyl (C=O) groups excluding carboxylic acids is 1. The fourth-order valence-corrected chi connectivity index (χ4v) is 3.16. The van der Waals surface area contributed by atoms with E-state index in [-0.39, 0.29) is 0 Å². The van der Waals surface area contributed by atoms with Gasteiger partial charge in [0.05, 0.1) is 10.7 Å². The minimum Gasteiger partial charge on any atom is -0.370 e. The lowest BCUT2D eigenvalue weighted by atomic mass is 9.86. The lowest BCUT2D eigenvalue weighted by Crippen LogP contribution is -2.35. The highest BCUT2D eigenvalue weighted by atomic mass is 35.5. The second-order valence-corrected chi connectivity index (χ2v) is 5.77. The molecule has 0 aliphatic heterocycles. The van der Waals surface area contributed by atoms with Crippen LogP contribution >= 0.6 is 11.6 Å². The lowest BCUT2D eigenvalue weighted by molar-refractivity contribution is 0.112. The lowest BCUT2D eigenvalue weighted by Gasteiger charge is -2.36. The van der Waals surface area contributed by atoms with Crippen molar-refractivity contribution in [2.75, 3.05) is 11.9 Å². The number of hydrogen-bond donors (Lipinski definition) is 0. The van der Waals surface area contributed by atoms with Gasteiger partial charge in [0.1, 0.15) is 6.29 Å². The molecule has 2 atom stereocenters. The Kier molecular flexibility index (Phi) is 4.28. The molecule has 1 aromatic rings. The van der Waals surface area contributed by atoms with Crippen LogP contribution in [0.1, 0.15) is 43.0 Å². The molecule has 1 fully saturated rings. The van der Waals surface area contributed by atoms with E-state index in [2.05, 4.69) is 18.9 Å². The van der Waals surface area contributed by atoms with Crippen LogP contribution < -0.4 is 4.90 Å². The topological polar surface area (TPSA) is 20.3 Å². The van der Waals surface area contributed by atoms with E-state index in [0.717, 1.165) is 17.9 Å². The van der Waals surface area contributed by atoms with Gasteiger partial charge in [-0.2, -0.15) is 0 Å². The van der Waals surface area contributed by atoms with Gasteiger partial charge in [0.15, 0.2) is 0 Å². The molecule has 1 saturated carbocycles. The van der Waals surface area contributed by atoms with Crippen molar-refractivity contribution in [3.8, 4) is 0 Å². The number of anilines is 1. The molecule has 2 unspecified atom stereocenters. The first-order valence-electron chi connectivity index (χ1n) is 6.59. The Bertz CT molecular complexity index is 433. The SMILES string of the molecule is CC1CCCC(N(C)c2ccc(C=O)cc2Cl)C1. The number of aldehydes is 1. The van der Waals surface area contributed by atoms with Crippen LogP contribution in [0.2, 0.25) is 5.02 Å². The highest BCUT2D eigenvalue weighted by Gasteiger charge is 2.23. The minimum atomic E-state index is 0.563. The van der Waals surface area contributed by atoms with Crippen LogP contribution in [0.5, 0.6) is 0 Å². The van der Waals surface area contributed by atoms with Crippen molar-refractivity contribution in [1.29, 1.82) is 0 Å². The van der Waals surface area contributed by atoms with Crippen molar-refractivity contribution in [2.24, 2.45) is 5.92 Å². The van der Waals surface area contributed by atoms with Crippen molar-refractivity contribution in [2.45, 2.75) is 38.6 Å². The number of benzene rings is 1. The molecule has 98 valence electrons. The highest BCUT2D eigenvalue weighted by Crippen LogP contribution is 2.33. The Morgan fingerprint density at radius 1 is 1.39 bits per heavy atom. The summed E-state index contributed by atoms with van der Waals surface area (Å²) >= 11 is 6.26. The van der Waals surface area contributed by atoms with Crippen LogP contribution in [0.15, 0.2) is 18.2 Å². The third kappa shape index (κ3) is 2.86. The Morgan fingerprint density at radius 3 is 2.78 bits per heavy atom. The van der Waals surface area contributed by atoms with E-state index in [1.54, 1.807) is 6.07 Å². The van der Waals surface area contributed by atoms with Gasteiger partial charge in [-0.15, -0.1) is 0 Å². The summed E-state index contributed by atoms with van der Waals surface area (Å²) in [5.74, 6) is 0.791. The van der Waals surface area contributed by atoms with Crippen molar-refractivity contribution in [1.82, 2.24) is 0 Å². The first-order valence-corrected chi connectivity index (χ1v) is 6.97. The number of nitrogens with zero attached hydrogens (tertiary/aromatic N) is 1. The van der Waals surface area contributed by atoms with E-state index in [4.69, 9.17) is 11.6 Å². The van der Waals surface area contributed by atoms with Crippen LogP contribution in [0.25, 0.3) is 0 Å². The molecule has 3 heteroatoms. The summed E-state index contributed by atoms with van der Waals surface area (Å²) in [5, 5.41) is 0.667. The molecule has 0 radical (unpaired) electrons. The summed E-state index contributed by atoms with van der Waals surface area (Å²) in [5.41, 5.74) is 1.66. The van der Waals surface area contributed by atoms with E-state index in [9.17, 15) is 4.79 Å². The van der Waals surface area contributed by atoms with Gasteiger partial charge in [0.2, 0.25) is 0 Å². The molecule has 0 bridgehead atoms. The minimum absolute atomic E-state index is 0.563. The van der Waals surface area contributed by atoms with Gasteiger partial charge in [-0.1, -0.05) is 31.4 Å². The molecular weight excluding hydrogens is 246 g/mol. The third-order valence-corrected chi connectivity index (χ3v) is 4.25. The predicted molar refractivity (Wildman–Crippen MR) is 76.7 cm³/mol. The van der Waals surface area contributed by atoms with Gasteiger partial charge >= 0.3 is 0 Å². The van der Waals surface area contributed by atoms with Crippen molar-refractivity contribution >= 4 is 23.6 Å². The maximum atomic E-state index is 10.7. The Hall–Kier alpha value is -1.02. The highest BCUT2D eigenvalue weighted by molar-refractivity contribution is 6.33. The first-order chi connectivity index (χ1) is 8.61. The summed E-state index contributed by atoms with van der Waals surface area (Å²) in [6.07, 6.45) is 5.91. The smallest absolute Gasteiger partial charge is 0.150 e. The molecule has 0 amide bonds. The average Bonchev–Trinajstić information content (AvgIpc) is 2.37. The molecule has 2 rings (SSSR count). The second kappa shape index (κ2) is 5.75. The number of rotatable bonds is 3. The van der Waals surface area contributed by atoms with Gasteiger partial charge in [0.25, 0.3) is 0 Å². The van der Waals surface area contributed by atoms with E-state index in [1.807, 2.05) is 12.1 Å². The zero-order valence-corrected chi connectivity index (χ0v) is 11.8. The maximum absolute atomic E-state index is 10.7. The number of carbonyl (C=O) groups is 1. The monoisotopic (exact) mass is 265 g/mol. The summed E-state index contributed by atoms with van der Waals surface area (Å²) in [6, 6.07) is 6.09. The summed E-state index contributed by atoms with van der Waals surface area (Å²) in [6.45, 7) is 2.32. The standard InChI is InChI=1S/C15H20ClNO/c1-11-4-3-5-13(8-11)17(2)15-7-6-12(10-18)9-14(15)16/h6-7,9-11,13H,3-5,8H2,1-2H3. The van der Waals surface area contributed by atoms with E-state index >= 15 is 0 Å². The Labute approximate surface area is 114 Å². The van der Waals surface area contributed by atoms with Crippen LogP contribution in [-0.4, -0.2) is 19.4 Å². The van der Waals surface area contributed by atoms with Crippen LogP contribution in [0, 0.1) is 5.92 Å². The van der Waals surface area contributed by atoms with Gasteiger partial charge in [-0.05, 0) is 37.0 Å². The van der Waals surface area contributed by atoms with Crippen LogP contribution in [0.3, 0.4) is 0 Å². The predicted octanol–water partition coefficient (Wildman–Crippen LogP) is 4.17. The molecule has 0 aromatic heterocycles. The number of hydrogen-bond acceptors (Lipinski definition) is 2. The average molecular weight is 266 g/mol. The van der Waals surface area contributed by atoms with Gasteiger partial charge in [-0.3, -0.25) is 4.79 Å². The normalized spacial score (nSPS) is 23.7. The second-order valence-electron chi connectivity index (χ2n) is 5.37. The fourth-order valence-electron chi connectivity index (χ4n) is 2.83. The molecule has 18 heavy (non-hydrogen) atoms. The third-order valence-electron chi connectivity index (χ3n) is 3.94. The van der Waals surface area contributed by atoms with Crippen LogP contribution in [0.4, 0.5) is 5.69 Å². The Morgan fingerprint density at radius 2 is 2.17 bits per heavy atom. The number of halogens is 1. The van der Waals surface area contributed by atoms with E-state index < -0.39 is 0 Å². The van der Waals surface area contributed by atoms with Gasteiger partial charge in [-0.25, -0.2) is 0 Å². The van der Waals surface area contributed by atoms with Crippen molar-refractivity contribution < 1.29 is 4.79 Å². The van der Waals surface area contributed by atoms with E-state index in [0.29, 0.717) is 16.6 Å². The molecule has 1 aliphatic carbocycles. The summed E-state index contributed by atoms with van der Waals surface area (Å²) in [7, 11) is 2.10. The molecule has 0 saturated heterocycles. The zero-order valence-electron chi connectivity index (χ0n) is 11.0. The molecule has 1 aromatic carbocycles. The largest absolute Gasteiger partial charge is 0.370 e. The molecule has 1 aliphatic rings. The Balaban J connectivity index is 2.17. The van der Waals surface area contributed by atoms with E-state index in [1.165, 1.54) is 25.7 Å². The maximum Gasteiger partial charge on any atom is 0.150 e. The quantitative estimate of drug-likeness (QED) is 0.765. The molecule has 0 spiro atoms. The van der Waals surface area contributed by atoms with Crippen LogP contribution in [-0.2, 0) is 0 Å². The fraction of sp³-hybridized carbons (Fsp3) is 0.533.